The van der Waals surface area contributed by atoms with Gasteiger partial charge in [0.1, 0.15) is 5.75 Å². The third kappa shape index (κ3) is 1.62. The zero-order valence-corrected chi connectivity index (χ0v) is 6.22. The Bertz CT molecular complexity index is 298. The quantitative estimate of drug-likeness (QED) is 0.694. The van der Waals surface area contributed by atoms with Gasteiger partial charge in [0, 0.05) is 5.02 Å². The van der Waals surface area contributed by atoms with Crippen LogP contribution in [0, 0.1) is 0 Å². The third-order valence-electron chi connectivity index (χ3n) is 1.20. The first kappa shape index (κ1) is 7.88. The molecular weight excluding hydrogens is 166 g/mol. The van der Waals surface area contributed by atoms with Gasteiger partial charge in [-0.2, -0.15) is 0 Å². The average Bonchev–Trinajstić information content (AvgIpc) is 1.94. The highest BCUT2D eigenvalue weighted by Crippen LogP contribution is 2.20. The highest BCUT2D eigenvalue weighted by Gasteiger charge is 2.07. The summed E-state index contributed by atoms with van der Waals surface area (Å²) in [7, 11) is 0. The molecule has 0 saturated heterocycles. The molecule has 0 unspecified atom stereocenters. The third-order valence-corrected chi connectivity index (χ3v) is 1.44. The number of hydrogen-bond acceptors (Lipinski definition) is 2. The number of carbonyl (C=O) groups excluding carboxylic acids is 1. The maximum absolute atomic E-state index is 10.5. The van der Waals surface area contributed by atoms with E-state index < -0.39 is 5.91 Å². The predicted molar refractivity (Wildman–Crippen MR) is 40.5 cm³/mol. The van der Waals surface area contributed by atoms with Gasteiger partial charge in [-0.3, -0.25) is 10.5 Å². The van der Waals surface area contributed by atoms with Gasteiger partial charge < -0.3 is 5.11 Å². The molecular formula is C7H5ClNO2. The summed E-state index contributed by atoms with van der Waals surface area (Å²) in [6.45, 7) is 0. The molecule has 11 heavy (non-hydrogen) atoms. The monoisotopic (exact) mass is 170 g/mol. The minimum atomic E-state index is -0.940. The summed E-state index contributed by atoms with van der Waals surface area (Å²) >= 11 is 5.51. The molecule has 0 heterocycles. The van der Waals surface area contributed by atoms with Crippen molar-refractivity contribution >= 4 is 17.5 Å². The van der Waals surface area contributed by atoms with Gasteiger partial charge in [-0.25, -0.2) is 0 Å². The lowest BCUT2D eigenvalue weighted by Gasteiger charge is -1.98. The molecule has 1 aromatic rings. The van der Waals surface area contributed by atoms with Gasteiger partial charge in [0.25, 0.3) is 5.91 Å². The van der Waals surface area contributed by atoms with Crippen LogP contribution in [0.15, 0.2) is 18.2 Å². The minimum Gasteiger partial charge on any atom is -0.507 e. The largest absolute Gasteiger partial charge is 0.507 e. The van der Waals surface area contributed by atoms with Gasteiger partial charge in [-0.1, -0.05) is 11.6 Å². The summed E-state index contributed by atoms with van der Waals surface area (Å²) in [5, 5.41) is 9.34. The number of phenolic OH excluding ortho intramolecular Hbond substituents is 1. The zero-order valence-electron chi connectivity index (χ0n) is 5.47. The number of hydrogen-bond donors (Lipinski definition) is 1. The summed E-state index contributed by atoms with van der Waals surface area (Å²) in [6, 6.07) is 3.99. The van der Waals surface area contributed by atoms with E-state index in [9.17, 15) is 4.79 Å². The summed E-state index contributed by atoms with van der Waals surface area (Å²) in [4.78, 5) is 10.5. The summed E-state index contributed by atoms with van der Waals surface area (Å²) in [5.74, 6) is -1.15. The molecule has 0 aliphatic carbocycles. The van der Waals surface area contributed by atoms with Crippen molar-refractivity contribution in [3.8, 4) is 5.75 Å². The molecule has 1 amide bonds. The minimum absolute atomic E-state index is 0.0718. The van der Waals surface area contributed by atoms with E-state index in [2.05, 4.69) is 0 Å². The normalized spacial score (nSPS) is 9.55. The van der Waals surface area contributed by atoms with Crippen molar-refractivity contribution in [2.45, 2.75) is 0 Å². The molecule has 0 aromatic heterocycles. The molecule has 0 bridgehead atoms. The van der Waals surface area contributed by atoms with Crippen molar-refractivity contribution in [1.29, 1.82) is 0 Å². The molecule has 3 nitrogen and oxygen atoms in total. The van der Waals surface area contributed by atoms with Crippen LogP contribution in [0.5, 0.6) is 5.75 Å². The number of amides is 1. The van der Waals surface area contributed by atoms with E-state index in [0.717, 1.165) is 0 Å². The number of phenols is 1. The van der Waals surface area contributed by atoms with E-state index in [-0.39, 0.29) is 11.3 Å². The van der Waals surface area contributed by atoms with Crippen LogP contribution in [-0.2, 0) is 0 Å². The predicted octanol–water partition coefficient (Wildman–Crippen LogP) is 1.47. The van der Waals surface area contributed by atoms with Crippen molar-refractivity contribution in [3.05, 3.63) is 28.8 Å². The first-order valence-corrected chi connectivity index (χ1v) is 3.23. The Labute approximate surface area is 68.4 Å². The second kappa shape index (κ2) is 2.80. The SMILES string of the molecule is [NH]C(=O)c1cc(Cl)ccc1O. The van der Waals surface area contributed by atoms with Crippen molar-refractivity contribution in [1.82, 2.24) is 5.73 Å². The summed E-state index contributed by atoms with van der Waals surface area (Å²) in [6.07, 6.45) is 0. The van der Waals surface area contributed by atoms with Gasteiger partial charge in [-0.15, -0.1) is 0 Å². The van der Waals surface area contributed by atoms with Crippen molar-refractivity contribution < 1.29 is 9.90 Å². The fourth-order valence-electron chi connectivity index (χ4n) is 0.690. The first-order chi connectivity index (χ1) is 5.11. The molecule has 57 valence electrons. The van der Waals surface area contributed by atoms with E-state index >= 15 is 0 Å². The Morgan fingerprint density at radius 1 is 1.55 bits per heavy atom. The van der Waals surface area contributed by atoms with Crippen LogP contribution in [0.2, 0.25) is 5.02 Å². The molecule has 1 radical (unpaired) electrons. The Morgan fingerprint density at radius 2 is 2.18 bits per heavy atom. The number of benzene rings is 1. The van der Waals surface area contributed by atoms with Crippen LogP contribution in [0.3, 0.4) is 0 Å². The Hall–Kier alpha value is -1.22. The molecule has 0 saturated carbocycles. The molecule has 0 aliphatic rings. The summed E-state index contributed by atoms with van der Waals surface area (Å²) in [5.41, 5.74) is 6.63. The number of halogens is 1. The van der Waals surface area contributed by atoms with Crippen molar-refractivity contribution in [3.63, 3.8) is 0 Å². The fourth-order valence-corrected chi connectivity index (χ4v) is 0.862. The molecule has 0 aliphatic heterocycles. The molecule has 1 rings (SSSR count). The highest BCUT2D eigenvalue weighted by atomic mass is 35.5. The highest BCUT2D eigenvalue weighted by molar-refractivity contribution is 6.31. The second-order valence-electron chi connectivity index (χ2n) is 1.99. The maximum Gasteiger partial charge on any atom is 0.273 e. The number of aromatic hydroxyl groups is 1. The average molecular weight is 171 g/mol. The van der Waals surface area contributed by atoms with E-state index in [1.165, 1.54) is 18.2 Å². The molecule has 2 N–H and O–H groups in total. The van der Waals surface area contributed by atoms with Gasteiger partial charge in [-0.05, 0) is 18.2 Å². The van der Waals surface area contributed by atoms with Crippen LogP contribution >= 0.6 is 11.6 Å². The molecule has 0 fully saturated rings. The van der Waals surface area contributed by atoms with Gasteiger partial charge in [0.05, 0.1) is 5.56 Å². The van der Waals surface area contributed by atoms with Gasteiger partial charge in [0.2, 0.25) is 0 Å². The summed E-state index contributed by atoms with van der Waals surface area (Å²) < 4.78 is 0. The lowest BCUT2D eigenvalue weighted by molar-refractivity contribution is 0.0989. The van der Waals surface area contributed by atoms with Crippen molar-refractivity contribution in [2.24, 2.45) is 0 Å². The van der Waals surface area contributed by atoms with Crippen molar-refractivity contribution in [2.75, 3.05) is 0 Å². The zero-order chi connectivity index (χ0) is 8.43. The Kier molecular flexibility index (Phi) is 2.01. The Morgan fingerprint density at radius 3 is 2.64 bits per heavy atom. The topological polar surface area (TPSA) is 61.1 Å². The van der Waals surface area contributed by atoms with Crippen LogP contribution < -0.4 is 5.73 Å². The lowest BCUT2D eigenvalue weighted by atomic mass is 10.2. The van der Waals surface area contributed by atoms with E-state index in [1.54, 1.807) is 0 Å². The van der Waals surface area contributed by atoms with E-state index in [1.807, 2.05) is 0 Å². The molecule has 1 aromatic carbocycles. The Balaban J connectivity index is 3.23. The lowest BCUT2D eigenvalue weighted by Crippen LogP contribution is -1.98. The molecule has 4 heteroatoms. The molecule has 0 atom stereocenters. The fraction of sp³-hybridized carbons (Fsp3) is 0. The number of carbonyl (C=O) groups is 1. The van der Waals surface area contributed by atoms with E-state index in [4.69, 9.17) is 22.4 Å². The number of rotatable bonds is 1. The van der Waals surface area contributed by atoms with Crippen LogP contribution in [-0.4, -0.2) is 11.0 Å². The maximum atomic E-state index is 10.5. The first-order valence-electron chi connectivity index (χ1n) is 2.85. The smallest absolute Gasteiger partial charge is 0.273 e. The van der Waals surface area contributed by atoms with Gasteiger partial charge >= 0.3 is 0 Å². The van der Waals surface area contributed by atoms with Crippen LogP contribution in [0.1, 0.15) is 10.4 Å². The second-order valence-corrected chi connectivity index (χ2v) is 2.43. The van der Waals surface area contributed by atoms with E-state index in [0.29, 0.717) is 5.02 Å². The molecule has 0 spiro atoms. The van der Waals surface area contributed by atoms with Gasteiger partial charge in [0.15, 0.2) is 0 Å². The standard InChI is InChI=1S/C7H5ClNO2/c8-4-1-2-6(10)5(3-4)7(9)11/h1-3,9-10H. The number of nitrogens with one attached hydrogen (secondary N) is 1. The van der Waals surface area contributed by atoms with Crippen LogP contribution in [0.4, 0.5) is 0 Å². The van der Waals surface area contributed by atoms with Crippen LogP contribution in [0.25, 0.3) is 0 Å².